The molecule has 0 atom stereocenters. The number of methoxy groups -OCH3 is 1. The topological polar surface area (TPSA) is 114 Å². The van der Waals surface area contributed by atoms with E-state index >= 15 is 0 Å². The molecule has 0 radical (unpaired) electrons. The van der Waals surface area contributed by atoms with Crippen molar-refractivity contribution in [1.82, 2.24) is 25.3 Å². The van der Waals surface area contributed by atoms with E-state index in [0.29, 0.717) is 36.3 Å². The van der Waals surface area contributed by atoms with Gasteiger partial charge in [0.25, 0.3) is 5.91 Å². The lowest BCUT2D eigenvalue weighted by Crippen LogP contribution is -2.48. The van der Waals surface area contributed by atoms with Gasteiger partial charge in [-0.05, 0) is 48.4 Å². The van der Waals surface area contributed by atoms with Crippen LogP contribution in [-0.2, 0) is 4.74 Å². The van der Waals surface area contributed by atoms with E-state index in [9.17, 15) is 4.79 Å². The second-order valence-electron chi connectivity index (χ2n) is 7.58. The van der Waals surface area contributed by atoms with Crippen LogP contribution in [-0.4, -0.2) is 52.2 Å². The molecule has 1 aliphatic heterocycles. The molecule has 1 aliphatic rings. The minimum atomic E-state index is -0.109. The fourth-order valence-electron chi connectivity index (χ4n) is 3.62. The normalized spacial score (nSPS) is 13.6. The molecule has 1 fully saturated rings. The molecule has 1 saturated heterocycles. The number of pyridine rings is 1. The zero-order chi connectivity index (χ0) is 22.1. The van der Waals surface area contributed by atoms with Gasteiger partial charge in [0.15, 0.2) is 0 Å². The Hall–Kier alpha value is -3.98. The molecule has 3 N–H and O–H groups in total. The van der Waals surface area contributed by atoms with Gasteiger partial charge in [-0.2, -0.15) is 9.97 Å². The second-order valence-corrected chi connectivity index (χ2v) is 7.58. The lowest BCUT2D eigenvalue weighted by molar-refractivity contribution is -0.00346. The minimum Gasteiger partial charge on any atom is -0.480 e. The number of anilines is 2. The van der Waals surface area contributed by atoms with Crippen molar-refractivity contribution in [3.05, 3.63) is 60.0 Å². The van der Waals surface area contributed by atoms with Crippen molar-refractivity contribution in [3.63, 3.8) is 0 Å². The molecule has 9 nitrogen and oxygen atoms in total. The van der Waals surface area contributed by atoms with Crippen LogP contribution in [0.5, 0.6) is 5.88 Å². The SMILES string of the molecule is COc1nc(Nc2ccc(C(=O)NC3COC3)cc2C)nc2[nH]cc(-c3ccncc3)c12. The molecule has 0 unspecified atom stereocenters. The van der Waals surface area contributed by atoms with Crippen molar-refractivity contribution in [3.8, 4) is 17.0 Å². The van der Waals surface area contributed by atoms with E-state index in [4.69, 9.17) is 9.47 Å². The lowest BCUT2D eigenvalue weighted by atomic mass is 10.1. The average molecular weight is 430 g/mol. The Labute approximate surface area is 184 Å². The number of amides is 1. The molecule has 32 heavy (non-hydrogen) atoms. The van der Waals surface area contributed by atoms with Crippen LogP contribution in [0.3, 0.4) is 0 Å². The third-order valence-electron chi connectivity index (χ3n) is 5.39. The molecular formula is C23H22N6O3. The van der Waals surface area contributed by atoms with E-state index < -0.39 is 0 Å². The van der Waals surface area contributed by atoms with Crippen LogP contribution >= 0.6 is 0 Å². The summed E-state index contributed by atoms with van der Waals surface area (Å²) in [6, 6.07) is 9.39. The molecule has 3 aromatic heterocycles. The number of carbonyl (C=O) groups excluding carboxylic acids is 1. The number of carbonyl (C=O) groups is 1. The number of ether oxygens (including phenoxy) is 2. The van der Waals surface area contributed by atoms with Crippen LogP contribution in [0.15, 0.2) is 48.9 Å². The number of rotatable bonds is 6. The first-order valence-corrected chi connectivity index (χ1v) is 10.2. The summed E-state index contributed by atoms with van der Waals surface area (Å²) in [5, 5.41) is 6.98. The van der Waals surface area contributed by atoms with E-state index in [1.807, 2.05) is 37.4 Å². The van der Waals surface area contributed by atoms with E-state index in [2.05, 4.69) is 30.6 Å². The quantitative estimate of drug-likeness (QED) is 0.430. The zero-order valence-corrected chi connectivity index (χ0v) is 17.7. The third-order valence-corrected chi connectivity index (χ3v) is 5.39. The summed E-state index contributed by atoms with van der Waals surface area (Å²) in [4.78, 5) is 28.8. The number of fused-ring (bicyclic) bond motifs is 1. The Bertz CT molecular complexity index is 1280. The third kappa shape index (κ3) is 3.74. The maximum atomic E-state index is 12.4. The molecule has 5 rings (SSSR count). The molecule has 0 bridgehead atoms. The molecule has 1 aromatic carbocycles. The van der Waals surface area contributed by atoms with Crippen molar-refractivity contribution in [1.29, 1.82) is 0 Å². The molecule has 0 aliphatic carbocycles. The molecular weight excluding hydrogens is 408 g/mol. The van der Waals surface area contributed by atoms with Gasteiger partial charge in [-0.25, -0.2) is 0 Å². The molecule has 0 spiro atoms. The summed E-state index contributed by atoms with van der Waals surface area (Å²) in [6.45, 7) is 3.05. The number of benzene rings is 1. The average Bonchev–Trinajstić information content (AvgIpc) is 3.21. The summed E-state index contributed by atoms with van der Waals surface area (Å²) in [5.41, 5.74) is 4.88. The van der Waals surface area contributed by atoms with Crippen molar-refractivity contribution in [2.45, 2.75) is 13.0 Å². The van der Waals surface area contributed by atoms with Gasteiger partial charge in [0.2, 0.25) is 11.8 Å². The first kappa shape index (κ1) is 20.0. The van der Waals surface area contributed by atoms with Crippen LogP contribution in [0.4, 0.5) is 11.6 Å². The molecule has 4 heterocycles. The molecule has 0 saturated carbocycles. The maximum Gasteiger partial charge on any atom is 0.251 e. The van der Waals surface area contributed by atoms with Crippen LogP contribution in [0.2, 0.25) is 0 Å². The highest BCUT2D eigenvalue weighted by atomic mass is 16.5. The molecule has 1 amide bonds. The summed E-state index contributed by atoms with van der Waals surface area (Å²) in [7, 11) is 1.58. The van der Waals surface area contributed by atoms with Crippen LogP contribution in [0.25, 0.3) is 22.2 Å². The Morgan fingerprint density at radius 3 is 2.69 bits per heavy atom. The molecule has 9 heteroatoms. The Kier molecular flexibility index (Phi) is 5.16. The van der Waals surface area contributed by atoms with Gasteiger partial charge in [-0.1, -0.05) is 0 Å². The van der Waals surface area contributed by atoms with Crippen molar-refractivity contribution >= 4 is 28.6 Å². The van der Waals surface area contributed by atoms with Crippen LogP contribution in [0, 0.1) is 6.92 Å². The predicted molar refractivity (Wildman–Crippen MR) is 120 cm³/mol. The van der Waals surface area contributed by atoms with Crippen molar-refractivity contribution in [2.24, 2.45) is 0 Å². The first-order chi connectivity index (χ1) is 15.6. The van der Waals surface area contributed by atoms with E-state index in [1.54, 1.807) is 25.6 Å². The van der Waals surface area contributed by atoms with E-state index in [0.717, 1.165) is 27.8 Å². The minimum absolute atomic E-state index is 0.0889. The fourth-order valence-corrected chi connectivity index (χ4v) is 3.62. The van der Waals surface area contributed by atoms with Gasteiger partial charge in [-0.3, -0.25) is 9.78 Å². The number of nitrogens with one attached hydrogen (secondary N) is 3. The highest BCUT2D eigenvalue weighted by Crippen LogP contribution is 2.34. The Morgan fingerprint density at radius 1 is 1.19 bits per heavy atom. The van der Waals surface area contributed by atoms with Gasteiger partial charge in [0.1, 0.15) is 5.65 Å². The number of hydrogen-bond acceptors (Lipinski definition) is 7. The van der Waals surface area contributed by atoms with Crippen molar-refractivity contribution < 1.29 is 14.3 Å². The van der Waals surface area contributed by atoms with Gasteiger partial charge >= 0.3 is 0 Å². The fraction of sp³-hybridized carbons (Fsp3) is 0.217. The van der Waals surface area contributed by atoms with Gasteiger partial charge in [0.05, 0.1) is 31.8 Å². The Balaban J connectivity index is 1.42. The molecule has 4 aromatic rings. The maximum absolute atomic E-state index is 12.4. The predicted octanol–water partition coefficient (Wildman–Crippen LogP) is 3.21. The summed E-state index contributed by atoms with van der Waals surface area (Å²) < 4.78 is 10.7. The number of aryl methyl sites for hydroxylation is 1. The summed E-state index contributed by atoms with van der Waals surface area (Å²) in [6.07, 6.45) is 5.36. The highest BCUT2D eigenvalue weighted by Gasteiger charge is 2.21. The number of aromatic amines is 1. The zero-order valence-electron chi connectivity index (χ0n) is 17.7. The second kappa shape index (κ2) is 8.27. The van der Waals surface area contributed by atoms with E-state index in [1.165, 1.54) is 0 Å². The summed E-state index contributed by atoms with van der Waals surface area (Å²) >= 11 is 0. The highest BCUT2D eigenvalue weighted by molar-refractivity contribution is 5.98. The van der Waals surface area contributed by atoms with Crippen LogP contribution < -0.4 is 15.4 Å². The van der Waals surface area contributed by atoms with E-state index in [-0.39, 0.29) is 11.9 Å². The number of hydrogen-bond donors (Lipinski definition) is 3. The number of nitrogens with zero attached hydrogens (tertiary/aromatic N) is 3. The number of H-pyrrole nitrogens is 1. The molecule has 162 valence electrons. The van der Waals surface area contributed by atoms with Crippen LogP contribution in [0.1, 0.15) is 15.9 Å². The van der Waals surface area contributed by atoms with Crippen molar-refractivity contribution in [2.75, 3.05) is 25.6 Å². The monoisotopic (exact) mass is 430 g/mol. The van der Waals surface area contributed by atoms with Gasteiger partial charge in [-0.15, -0.1) is 0 Å². The number of aromatic nitrogens is 4. The smallest absolute Gasteiger partial charge is 0.251 e. The standard InChI is InChI=1S/C23H22N6O3/c1-13-9-15(21(30)26-16-11-32-12-16)3-4-18(13)27-23-28-20-19(22(29-23)31-2)17(10-25-20)14-5-7-24-8-6-14/h3-10,16H,11-12H2,1-2H3,(H,26,30)(H2,25,27,28,29). The van der Waals surface area contributed by atoms with Gasteiger partial charge < -0.3 is 25.1 Å². The van der Waals surface area contributed by atoms with Gasteiger partial charge in [0, 0.05) is 35.4 Å². The summed E-state index contributed by atoms with van der Waals surface area (Å²) in [5.74, 6) is 0.744. The Morgan fingerprint density at radius 2 is 2.00 bits per heavy atom. The first-order valence-electron chi connectivity index (χ1n) is 10.2. The largest absolute Gasteiger partial charge is 0.480 e. The lowest BCUT2D eigenvalue weighted by Gasteiger charge is -2.26.